The summed E-state index contributed by atoms with van der Waals surface area (Å²) >= 11 is 0. The molecule has 0 saturated carbocycles. The zero-order valence-corrected chi connectivity index (χ0v) is 36.1. The maximum Gasteiger partial charge on any atom is 0.0782 e. The molecule has 2 heteroatoms. The molecule has 1 aromatic heterocycles. The topological polar surface area (TPSA) is 8.17 Å². The molecule has 2 nitrogen and oxygen atoms in total. The van der Waals surface area contributed by atoms with Crippen molar-refractivity contribution in [2.45, 2.75) is 0 Å². The molecule has 0 unspecified atom stereocenters. The second-order valence-electron chi connectivity index (χ2n) is 17.2. The minimum atomic E-state index is 1.08. The van der Waals surface area contributed by atoms with Gasteiger partial charge < -0.3 is 9.47 Å². The SMILES string of the molecule is c1ccc(-c2c(-c3ccccc3)c3cc(N(c4cccc(-c5cccc6ccccc56)c4)c4cccc5c6ccccc6n(-c6cccc7ccccc67)c45)ccc3c3ccccc23)cc1. The van der Waals surface area contributed by atoms with Crippen LogP contribution in [0.25, 0.3) is 104 Å². The van der Waals surface area contributed by atoms with E-state index in [-0.39, 0.29) is 0 Å². The highest BCUT2D eigenvalue weighted by molar-refractivity contribution is 6.23. The van der Waals surface area contributed by atoms with E-state index < -0.39 is 0 Å². The first kappa shape index (κ1) is 37.8. The second-order valence-corrected chi connectivity index (χ2v) is 17.2. The van der Waals surface area contributed by atoms with Gasteiger partial charge in [0.1, 0.15) is 0 Å². The third kappa shape index (κ3) is 6.04. The summed E-state index contributed by atoms with van der Waals surface area (Å²) in [6.07, 6.45) is 0. The fourth-order valence-corrected chi connectivity index (χ4v) is 10.7. The van der Waals surface area contributed by atoms with Crippen LogP contribution in [0.15, 0.2) is 255 Å². The molecule has 0 N–H and O–H groups in total. The lowest BCUT2D eigenvalue weighted by Crippen LogP contribution is -2.12. The maximum absolute atomic E-state index is 2.50. The normalized spacial score (nSPS) is 11.6. The van der Waals surface area contributed by atoms with Crippen molar-refractivity contribution in [1.82, 2.24) is 4.57 Å². The number of aromatic nitrogens is 1. The van der Waals surface area contributed by atoms with Crippen LogP contribution >= 0.6 is 0 Å². The average molecular weight is 839 g/mol. The molecule has 1 heterocycles. The van der Waals surface area contributed by atoms with Gasteiger partial charge >= 0.3 is 0 Å². The van der Waals surface area contributed by atoms with Crippen LogP contribution in [0.3, 0.4) is 0 Å². The molecule has 0 aliphatic heterocycles. The van der Waals surface area contributed by atoms with Gasteiger partial charge in [-0.1, -0.05) is 212 Å². The summed E-state index contributed by atoms with van der Waals surface area (Å²) in [4.78, 5) is 2.50. The molecule has 0 aliphatic carbocycles. The Labute approximate surface area is 383 Å². The van der Waals surface area contributed by atoms with Gasteiger partial charge in [-0.15, -0.1) is 0 Å². The molecule has 0 radical (unpaired) electrons. The first-order valence-electron chi connectivity index (χ1n) is 22.8. The predicted octanol–water partition coefficient (Wildman–Crippen LogP) is 17.9. The number of anilines is 3. The quantitative estimate of drug-likeness (QED) is 0.145. The smallest absolute Gasteiger partial charge is 0.0782 e. The highest BCUT2D eigenvalue weighted by Gasteiger charge is 2.25. The lowest BCUT2D eigenvalue weighted by Gasteiger charge is -2.29. The Bertz CT molecular complexity index is 3980. The first-order chi connectivity index (χ1) is 32.8. The van der Waals surface area contributed by atoms with Crippen LogP contribution in [0.1, 0.15) is 0 Å². The van der Waals surface area contributed by atoms with E-state index in [0.29, 0.717) is 0 Å². The number of fused-ring (bicyclic) bond motifs is 8. The van der Waals surface area contributed by atoms with Gasteiger partial charge in [-0.2, -0.15) is 0 Å². The van der Waals surface area contributed by atoms with E-state index in [1.165, 1.54) is 92.8 Å². The fraction of sp³-hybridized carbons (Fsp3) is 0. The Morgan fingerprint density at radius 3 is 1.58 bits per heavy atom. The predicted molar refractivity (Wildman–Crippen MR) is 282 cm³/mol. The van der Waals surface area contributed by atoms with Gasteiger partial charge in [-0.3, -0.25) is 0 Å². The van der Waals surface area contributed by atoms with Crippen molar-refractivity contribution in [2.24, 2.45) is 0 Å². The van der Waals surface area contributed by atoms with E-state index in [0.717, 1.165) is 28.3 Å². The third-order valence-electron chi connectivity index (χ3n) is 13.5. The van der Waals surface area contributed by atoms with Crippen molar-refractivity contribution in [3.05, 3.63) is 255 Å². The van der Waals surface area contributed by atoms with Crippen molar-refractivity contribution >= 4 is 82.0 Å². The van der Waals surface area contributed by atoms with Crippen LogP contribution in [0.5, 0.6) is 0 Å². The van der Waals surface area contributed by atoms with Gasteiger partial charge in [0, 0.05) is 27.5 Å². The standard InChI is InChI=1S/C64H42N2/c1-3-21-45(22-4-1)62-56-33-12-11-31-53(56)54-40-39-49(42-58(54)63(62)46-23-5-2-6-24-46)65(48-28-15-27-47(41-48)51-34-16-25-43-19-7-9-29-50(43)51)61-38-18-35-57-55-32-13-14-36-60(55)66(64(57)61)59-37-17-26-44-20-8-10-30-52(44)59/h1-42H. The molecular weight excluding hydrogens is 797 g/mol. The van der Waals surface area contributed by atoms with Crippen molar-refractivity contribution in [3.63, 3.8) is 0 Å². The van der Waals surface area contributed by atoms with E-state index in [1.807, 2.05) is 0 Å². The lowest BCUT2D eigenvalue weighted by atomic mass is 9.85. The highest BCUT2D eigenvalue weighted by Crippen LogP contribution is 2.49. The number of para-hydroxylation sites is 2. The fourth-order valence-electron chi connectivity index (χ4n) is 10.7. The zero-order valence-electron chi connectivity index (χ0n) is 36.1. The largest absolute Gasteiger partial charge is 0.308 e. The summed E-state index contributed by atoms with van der Waals surface area (Å²) in [6.45, 7) is 0. The maximum atomic E-state index is 2.50. The van der Waals surface area contributed by atoms with Crippen LogP contribution in [0.2, 0.25) is 0 Å². The number of benzene rings is 12. The highest BCUT2D eigenvalue weighted by atomic mass is 15.2. The molecule has 13 rings (SSSR count). The van der Waals surface area contributed by atoms with Crippen LogP contribution in [0, 0.1) is 0 Å². The summed E-state index contributed by atoms with van der Waals surface area (Å²) in [5.41, 5.74) is 13.9. The van der Waals surface area contributed by atoms with Gasteiger partial charge in [0.15, 0.2) is 0 Å². The van der Waals surface area contributed by atoms with Crippen LogP contribution in [0.4, 0.5) is 17.1 Å². The number of hydrogen-bond donors (Lipinski definition) is 0. The van der Waals surface area contributed by atoms with E-state index >= 15 is 0 Å². The lowest BCUT2D eigenvalue weighted by molar-refractivity contribution is 1.18. The van der Waals surface area contributed by atoms with Crippen molar-refractivity contribution in [2.75, 3.05) is 4.90 Å². The van der Waals surface area contributed by atoms with Gasteiger partial charge in [-0.05, 0) is 114 Å². The molecule has 0 bridgehead atoms. The molecule has 66 heavy (non-hydrogen) atoms. The summed E-state index contributed by atoms with van der Waals surface area (Å²) in [5, 5.41) is 12.2. The van der Waals surface area contributed by atoms with Gasteiger partial charge in [-0.25, -0.2) is 0 Å². The van der Waals surface area contributed by atoms with Crippen molar-refractivity contribution < 1.29 is 0 Å². The van der Waals surface area contributed by atoms with Crippen molar-refractivity contribution in [1.29, 1.82) is 0 Å². The molecule has 0 saturated heterocycles. The molecule has 0 aliphatic rings. The Morgan fingerprint density at radius 2 is 0.803 bits per heavy atom. The monoisotopic (exact) mass is 838 g/mol. The number of rotatable bonds is 7. The van der Waals surface area contributed by atoms with E-state index in [4.69, 9.17) is 0 Å². The first-order valence-corrected chi connectivity index (χ1v) is 22.8. The van der Waals surface area contributed by atoms with Crippen LogP contribution in [-0.4, -0.2) is 4.57 Å². The van der Waals surface area contributed by atoms with Crippen LogP contribution in [-0.2, 0) is 0 Å². The Kier molecular flexibility index (Phi) is 8.89. The minimum Gasteiger partial charge on any atom is -0.308 e. The molecule has 12 aromatic carbocycles. The number of hydrogen-bond acceptors (Lipinski definition) is 1. The Hall–Kier alpha value is -8.72. The molecular formula is C64H42N2. The zero-order chi connectivity index (χ0) is 43.6. The molecule has 0 fully saturated rings. The third-order valence-corrected chi connectivity index (χ3v) is 13.5. The van der Waals surface area contributed by atoms with E-state index in [2.05, 4.69) is 264 Å². The van der Waals surface area contributed by atoms with Gasteiger partial charge in [0.2, 0.25) is 0 Å². The second kappa shape index (κ2) is 15.5. The summed E-state index contributed by atoms with van der Waals surface area (Å²) in [6, 6.07) is 93.5. The molecule has 13 aromatic rings. The molecule has 0 amide bonds. The van der Waals surface area contributed by atoms with E-state index in [9.17, 15) is 0 Å². The summed E-state index contributed by atoms with van der Waals surface area (Å²) in [5.74, 6) is 0. The van der Waals surface area contributed by atoms with Gasteiger partial charge in [0.05, 0.1) is 22.4 Å². The molecule has 308 valence electrons. The molecule has 0 atom stereocenters. The summed E-state index contributed by atoms with van der Waals surface area (Å²) in [7, 11) is 0. The average Bonchev–Trinajstić information content (AvgIpc) is 3.73. The Balaban J connectivity index is 1.16. The van der Waals surface area contributed by atoms with Crippen LogP contribution < -0.4 is 4.90 Å². The Morgan fingerprint density at radius 1 is 0.288 bits per heavy atom. The number of nitrogens with zero attached hydrogens (tertiary/aromatic N) is 2. The molecule has 0 spiro atoms. The van der Waals surface area contributed by atoms with Crippen molar-refractivity contribution in [3.8, 4) is 39.1 Å². The van der Waals surface area contributed by atoms with Gasteiger partial charge in [0.25, 0.3) is 0 Å². The van der Waals surface area contributed by atoms with E-state index in [1.54, 1.807) is 0 Å². The summed E-state index contributed by atoms with van der Waals surface area (Å²) < 4.78 is 2.50. The minimum absolute atomic E-state index is 1.08.